The minimum absolute atomic E-state index is 0.00867. The third-order valence-corrected chi connectivity index (χ3v) is 4.22. The number of carbonyl (C=O) groups is 1. The number of thioether (sulfide) groups is 1. The number of ether oxygens (including phenoxy) is 1. The van der Waals surface area contributed by atoms with E-state index in [-0.39, 0.29) is 5.78 Å². The molecule has 0 aliphatic rings. The number of hydrogen-bond acceptors (Lipinski definition) is 4. The Kier molecular flexibility index (Phi) is 6.08. The molecule has 2 aromatic rings. The van der Waals surface area contributed by atoms with Crippen LogP contribution >= 0.6 is 23.4 Å². The molecule has 0 fully saturated rings. The number of Topliss-reactive ketones (excluding diaryl/α,β-unsaturated/α-hetero) is 1. The molecule has 0 amide bonds. The van der Waals surface area contributed by atoms with E-state index in [4.69, 9.17) is 16.3 Å². The molecule has 0 spiro atoms. The molecule has 5 heteroatoms. The van der Waals surface area contributed by atoms with Gasteiger partial charge in [-0.25, -0.2) is 0 Å². The molecule has 0 aliphatic heterocycles. The topological polar surface area (TPSA) is 39.2 Å². The number of benzene rings is 1. The fourth-order valence-corrected chi connectivity index (χ4v) is 2.79. The van der Waals surface area contributed by atoms with Crippen LogP contribution in [-0.4, -0.2) is 23.1 Å². The van der Waals surface area contributed by atoms with E-state index >= 15 is 0 Å². The van der Waals surface area contributed by atoms with E-state index in [9.17, 15) is 4.79 Å². The van der Waals surface area contributed by atoms with Crippen molar-refractivity contribution in [3.63, 3.8) is 0 Å². The van der Waals surface area contributed by atoms with Crippen molar-refractivity contribution >= 4 is 29.1 Å². The molecule has 2 rings (SSSR count). The number of rotatable bonds is 7. The smallest absolute Gasteiger partial charge is 0.174 e. The molecule has 0 atom stereocenters. The second-order valence-corrected chi connectivity index (χ2v) is 5.82. The van der Waals surface area contributed by atoms with Gasteiger partial charge >= 0.3 is 0 Å². The summed E-state index contributed by atoms with van der Waals surface area (Å²) < 4.78 is 5.49. The van der Waals surface area contributed by atoms with Crippen LogP contribution in [-0.2, 0) is 0 Å². The molecular formula is C16H16ClNO2S. The molecule has 0 aliphatic carbocycles. The second kappa shape index (κ2) is 8.05. The Hall–Kier alpha value is -1.52. The van der Waals surface area contributed by atoms with Gasteiger partial charge in [0.15, 0.2) is 5.78 Å². The van der Waals surface area contributed by atoms with Crippen LogP contribution in [0.2, 0.25) is 5.02 Å². The highest BCUT2D eigenvalue weighted by Gasteiger charge is 2.10. The Labute approximate surface area is 133 Å². The van der Waals surface area contributed by atoms with Crippen molar-refractivity contribution in [2.75, 3.05) is 12.4 Å². The summed E-state index contributed by atoms with van der Waals surface area (Å²) >= 11 is 7.50. The van der Waals surface area contributed by atoms with Crippen molar-refractivity contribution in [3.05, 3.63) is 53.3 Å². The maximum atomic E-state index is 12.2. The van der Waals surface area contributed by atoms with E-state index in [0.29, 0.717) is 28.7 Å². The van der Waals surface area contributed by atoms with Crippen molar-refractivity contribution in [1.29, 1.82) is 0 Å². The van der Waals surface area contributed by atoms with Gasteiger partial charge in [-0.2, -0.15) is 0 Å². The lowest BCUT2D eigenvalue weighted by Gasteiger charge is -2.06. The van der Waals surface area contributed by atoms with Gasteiger partial charge in [0.2, 0.25) is 0 Å². The highest BCUT2D eigenvalue weighted by molar-refractivity contribution is 8.00. The molecule has 110 valence electrons. The number of pyridine rings is 1. The molecular weight excluding hydrogens is 306 g/mol. The first-order chi connectivity index (χ1) is 10.2. The van der Waals surface area contributed by atoms with Gasteiger partial charge in [0.25, 0.3) is 0 Å². The number of hydrogen-bond donors (Lipinski definition) is 0. The number of aromatic nitrogens is 1. The average Bonchev–Trinajstić information content (AvgIpc) is 2.52. The highest BCUT2D eigenvalue weighted by Crippen LogP contribution is 2.27. The van der Waals surface area contributed by atoms with E-state index in [1.807, 2.05) is 31.2 Å². The Balaban J connectivity index is 1.98. The lowest BCUT2D eigenvalue weighted by Crippen LogP contribution is -2.04. The average molecular weight is 322 g/mol. The predicted molar refractivity (Wildman–Crippen MR) is 86.5 cm³/mol. The van der Waals surface area contributed by atoms with E-state index < -0.39 is 0 Å². The zero-order valence-electron chi connectivity index (χ0n) is 11.7. The molecule has 0 saturated carbocycles. The quantitative estimate of drug-likeness (QED) is 0.556. The lowest BCUT2D eigenvalue weighted by atomic mass is 10.2. The van der Waals surface area contributed by atoms with Crippen molar-refractivity contribution in [3.8, 4) is 5.75 Å². The summed E-state index contributed by atoms with van der Waals surface area (Å²) in [5.74, 6) is 0.961. The molecule has 1 aromatic carbocycles. The van der Waals surface area contributed by atoms with Gasteiger partial charge in [-0.05, 0) is 24.6 Å². The normalized spacial score (nSPS) is 10.4. The SMILES string of the molecule is CCCOc1cncc(C(=O)CSc2ccccc2Cl)c1. The summed E-state index contributed by atoms with van der Waals surface area (Å²) in [4.78, 5) is 17.1. The first-order valence-electron chi connectivity index (χ1n) is 6.69. The molecule has 3 nitrogen and oxygen atoms in total. The molecule has 0 saturated heterocycles. The molecule has 0 radical (unpaired) electrons. The van der Waals surface area contributed by atoms with Gasteiger partial charge in [0, 0.05) is 16.7 Å². The molecule has 0 unspecified atom stereocenters. The van der Waals surface area contributed by atoms with E-state index in [1.165, 1.54) is 11.8 Å². The highest BCUT2D eigenvalue weighted by atomic mass is 35.5. The molecule has 0 bridgehead atoms. The monoisotopic (exact) mass is 321 g/mol. The van der Waals surface area contributed by atoms with Crippen molar-refractivity contribution in [1.82, 2.24) is 4.98 Å². The van der Waals surface area contributed by atoms with E-state index in [2.05, 4.69) is 4.98 Å². The number of halogens is 1. The Morgan fingerprint density at radius 1 is 1.33 bits per heavy atom. The summed E-state index contributed by atoms with van der Waals surface area (Å²) in [6.45, 7) is 2.65. The third kappa shape index (κ3) is 4.76. The van der Waals surface area contributed by atoms with Crippen LogP contribution in [0.4, 0.5) is 0 Å². The zero-order valence-corrected chi connectivity index (χ0v) is 13.3. The number of nitrogens with zero attached hydrogens (tertiary/aromatic N) is 1. The van der Waals surface area contributed by atoms with Crippen LogP contribution in [0.25, 0.3) is 0 Å². The van der Waals surface area contributed by atoms with Crippen LogP contribution in [0.1, 0.15) is 23.7 Å². The van der Waals surface area contributed by atoms with Crippen molar-refractivity contribution in [2.45, 2.75) is 18.2 Å². The number of carbonyl (C=O) groups excluding carboxylic acids is 1. The zero-order chi connectivity index (χ0) is 15.1. The van der Waals surface area contributed by atoms with Crippen LogP contribution in [0.15, 0.2) is 47.6 Å². The van der Waals surface area contributed by atoms with E-state index in [0.717, 1.165) is 11.3 Å². The standard InChI is InChI=1S/C16H16ClNO2S/c1-2-7-20-13-8-12(9-18-10-13)15(19)11-21-16-6-4-3-5-14(16)17/h3-6,8-10H,2,7,11H2,1H3. The summed E-state index contributed by atoms with van der Waals surface area (Å²) in [5, 5.41) is 0.661. The largest absolute Gasteiger partial charge is 0.492 e. The lowest BCUT2D eigenvalue weighted by molar-refractivity contribution is 0.102. The molecule has 1 aromatic heterocycles. The minimum Gasteiger partial charge on any atom is -0.492 e. The first kappa shape index (κ1) is 15.9. The summed E-state index contributed by atoms with van der Waals surface area (Å²) in [6, 6.07) is 9.22. The van der Waals surface area contributed by atoms with Crippen LogP contribution in [0, 0.1) is 0 Å². The molecule has 1 heterocycles. The van der Waals surface area contributed by atoms with Crippen LogP contribution < -0.4 is 4.74 Å². The molecule has 21 heavy (non-hydrogen) atoms. The van der Waals surface area contributed by atoms with Crippen molar-refractivity contribution < 1.29 is 9.53 Å². The van der Waals surface area contributed by atoms with Gasteiger partial charge in [-0.3, -0.25) is 9.78 Å². The van der Waals surface area contributed by atoms with Gasteiger partial charge in [-0.15, -0.1) is 11.8 Å². The fraction of sp³-hybridized carbons (Fsp3) is 0.250. The predicted octanol–water partition coefficient (Wildman–Crippen LogP) is 4.50. The van der Waals surface area contributed by atoms with Crippen LogP contribution in [0.5, 0.6) is 5.75 Å². The minimum atomic E-state index is 0.00867. The van der Waals surface area contributed by atoms with Gasteiger partial charge in [0.05, 0.1) is 23.6 Å². The van der Waals surface area contributed by atoms with Gasteiger partial charge in [0.1, 0.15) is 5.75 Å². The van der Waals surface area contributed by atoms with Gasteiger partial charge < -0.3 is 4.74 Å². The summed E-state index contributed by atoms with van der Waals surface area (Å²) in [6.07, 6.45) is 4.10. The summed E-state index contributed by atoms with van der Waals surface area (Å²) in [5.41, 5.74) is 0.558. The maximum Gasteiger partial charge on any atom is 0.174 e. The number of ketones is 1. The van der Waals surface area contributed by atoms with E-state index in [1.54, 1.807) is 18.5 Å². The third-order valence-electron chi connectivity index (χ3n) is 2.70. The maximum absolute atomic E-state index is 12.2. The fourth-order valence-electron chi connectivity index (χ4n) is 1.66. The summed E-state index contributed by atoms with van der Waals surface area (Å²) in [7, 11) is 0. The Morgan fingerprint density at radius 2 is 2.14 bits per heavy atom. The Morgan fingerprint density at radius 3 is 2.90 bits per heavy atom. The second-order valence-electron chi connectivity index (χ2n) is 4.40. The van der Waals surface area contributed by atoms with Crippen LogP contribution in [0.3, 0.4) is 0 Å². The Bertz CT molecular complexity index is 619. The van der Waals surface area contributed by atoms with Gasteiger partial charge in [-0.1, -0.05) is 30.7 Å². The first-order valence-corrected chi connectivity index (χ1v) is 8.05. The van der Waals surface area contributed by atoms with Crippen molar-refractivity contribution in [2.24, 2.45) is 0 Å². The molecule has 0 N–H and O–H groups in total.